The third kappa shape index (κ3) is 5.75. The Morgan fingerprint density at radius 2 is 1.88 bits per heavy atom. The maximum absolute atomic E-state index is 14.6. The van der Waals surface area contributed by atoms with Crippen molar-refractivity contribution in [2.24, 2.45) is 0 Å². The lowest BCUT2D eigenvalue weighted by molar-refractivity contribution is 0.130. The van der Waals surface area contributed by atoms with E-state index in [0.29, 0.717) is 17.2 Å². The summed E-state index contributed by atoms with van der Waals surface area (Å²) in [6.07, 6.45) is 3.85. The molecule has 4 rings (SSSR count). The second-order valence-electron chi connectivity index (χ2n) is 8.56. The fourth-order valence-corrected chi connectivity index (χ4v) is 4.41. The minimum atomic E-state index is -0.731. The van der Waals surface area contributed by atoms with Crippen LogP contribution in [-0.4, -0.2) is 43.2 Å². The first-order valence-electron chi connectivity index (χ1n) is 11.4. The Labute approximate surface area is 194 Å². The van der Waals surface area contributed by atoms with Gasteiger partial charge in [0, 0.05) is 31.5 Å². The maximum atomic E-state index is 14.6. The number of piperidine rings is 1. The van der Waals surface area contributed by atoms with Crippen LogP contribution in [0.2, 0.25) is 0 Å². The van der Waals surface area contributed by atoms with Crippen LogP contribution >= 0.6 is 0 Å². The molecule has 1 fully saturated rings. The van der Waals surface area contributed by atoms with Gasteiger partial charge in [0.1, 0.15) is 12.4 Å². The number of methoxy groups -OCH3 is 1. The first-order valence-corrected chi connectivity index (χ1v) is 11.4. The summed E-state index contributed by atoms with van der Waals surface area (Å²) in [7, 11) is 1.74. The molecular weight excluding hydrogens is 422 g/mol. The molecule has 3 aromatic rings. The number of pyridine rings is 1. The van der Waals surface area contributed by atoms with Crippen molar-refractivity contribution in [3.05, 3.63) is 83.1 Å². The van der Waals surface area contributed by atoms with Crippen LogP contribution in [0.25, 0.3) is 11.3 Å². The smallest absolute Gasteiger partial charge is 0.168 e. The van der Waals surface area contributed by atoms with Gasteiger partial charge in [-0.25, -0.2) is 8.78 Å². The molecule has 0 bridgehead atoms. The molecule has 1 aromatic heterocycles. The van der Waals surface area contributed by atoms with Crippen molar-refractivity contribution in [1.82, 2.24) is 9.88 Å². The minimum Gasteiger partial charge on any atom is -0.485 e. The molecule has 1 aliphatic rings. The molecular formula is C27H30F2N2O2. The van der Waals surface area contributed by atoms with Crippen LogP contribution in [0.1, 0.15) is 35.4 Å². The van der Waals surface area contributed by atoms with Crippen molar-refractivity contribution in [3.8, 4) is 17.0 Å². The fraction of sp³-hybridized carbons (Fsp3) is 0.370. The predicted octanol–water partition coefficient (Wildman–Crippen LogP) is 5.74. The van der Waals surface area contributed by atoms with E-state index in [1.807, 2.05) is 0 Å². The van der Waals surface area contributed by atoms with E-state index in [0.717, 1.165) is 56.3 Å². The number of benzene rings is 2. The van der Waals surface area contributed by atoms with E-state index in [1.165, 1.54) is 11.6 Å². The van der Waals surface area contributed by atoms with Crippen molar-refractivity contribution < 1.29 is 18.3 Å². The number of aromatic nitrogens is 1. The second kappa shape index (κ2) is 10.9. The Hall–Kier alpha value is -2.83. The standard InChI is InChI=1S/C27H30F2N2O2/c1-19-15-21(20-8-11-31(12-9-20)13-14-32-2)6-7-22(19)18-33-27-24(16-23(28)17-25(27)29)26-5-3-4-10-30-26/h3-7,10,15-17,20H,8-9,11-14,18H2,1-2H3. The SMILES string of the molecule is COCCN1CCC(c2ccc(COc3c(F)cc(F)cc3-c3ccccn3)c(C)c2)CC1. The predicted molar refractivity (Wildman–Crippen MR) is 125 cm³/mol. The molecule has 2 heterocycles. The Kier molecular flexibility index (Phi) is 7.68. The summed E-state index contributed by atoms with van der Waals surface area (Å²) in [5.74, 6) is -0.829. The van der Waals surface area contributed by atoms with Gasteiger partial charge in [0.15, 0.2) is 11.6 Å². The van der Waals surface area contributed by atoms with E-state index in [-0.39, 0.29) is 12.4 Å². The van der Waals surface area contributed by atoms with Crippen molar-refractivity contribution >= 4 is 0 Å². The van der Waals surface area contributed by atoms with Gasteiger partial charge >= 0.3 is 0 Å². The van der Waals surface area contributed by atoms with Gasteiger partial charge in [-0.15, -0.1) is 0 Å². The molecule has 2 aromatic carbocycles. The molecule has 0 amide bonds. The van der Waals surface area contributed by atoms with Crippen LogP contribution in [-0.2, 0) is 11.3 Å². The maximum Gasteiger partial charge on any atom is 0.168 e. The Morgan fingerprint density at radius 3 is 2.58 bits per heavy atom. The number of nitrogens with zero attached hydrogens (tertiary/aromatic N) is 2. The molecule has 1 saturated heterocycles. The van der Waals surface area contributed by atoms with Crippen LogP contribution in [0.4, 0.5) is 8.78 Å². The van der Waals surface area contributed by atoms with Gasteiger partial charge < -0.3 is 14.4 Å². The van der Waals surface area contributed by atoms with Gasteiger partial charge in [-0.05, 0) is 73.7 Å². The van der Waals surface area contributed by atoms with Gasteiger partial charge in [-0.1, -0.05) is 24.3 Å². The summed E-state index contributed by atoms with van der Waals surface area (Å²) in [5.41, 5.74) is 4.20. The molecule has 33 heavy (non-hydrogen) atoms. The van der Waals surface area contributed by atoms with E-state index < -0.39 is 11.6 Å². The zero-order chi connectivity index (χ0) is 23.2. The van der Waals surface area contributed by atoms with Crippen LogP contribution in [0, 0.1) is 18.6 Å². The zero-order valence-electron chi connectivity index (χ0n) is 19.2. The van der Waals surface area contributed by atoms with Crippen LogP contribution in [0.15, 0.2) is 54.7 Å². The van der Waals surface area contributed by atoms with Crippen molar-refractivity contribution in [2.75, 3.05) is 33.4 Å². The summed E-state index contributed by atoms with van der Waals surface area (Å²) in [4.78, 5) is 6.68. The number of hydrogen-bond acceptors (Lipinski definition) is 4. The first-order chi connectivity index (χ1) is 16.0. The molecule has 174 valence electrons. The van der Waals surface area contributed by atoms with Gasteiger partial charge in [0.05, 0.1) is 12.3 Å². The molecule has 1 aliphatic heterocycles. The normalized spacial score (nSPS) is 15.0. The highest BCUT2D eigenvalue weighted by atomic mass is 19.1. The van der Waals surface area contributed by atoms with E-state index in [4.69, 9.17) is 9.47 Å². The minimum absolute atomic E-state index is 0.0157. The largest absolute Gasteiger partial charge is 0.485 e. The quantitative estimate of drug-likeness (QED) is 0.437. The third-order valence-electron chi connectivity index (χ3n) is 6.36. The van der Waals surface area contributed by atoms with Gasteiger partial charge in [-0.2, -0.15) is 0 Å². The second-order valence-corrected chi connectivity index (χ2v) is 8.56. The topological polar surface area (TPSA) is 34.6 Å². The highest BCUT2D eigenvalue weighted by Gasteiger charge is 2.21. The highest BCUT2D eigenvalue weighted by molar-refractivity contribution is 5.67. The number of aryl methyl sites for hydroxylation is 1. The number of rotatable bonds is 8. The summed E-state index contributed by atoms with van der Waals surface area (Å²) < 4.78 is 39.6. The van der Waals surface area contributed by atoms with E-state index in [1.54, 1.807) is 31.5 Å². The third-order valence-corrected chi connectivity index (χ3v) is 6.36. The van der Waals surface area contributed by atoms with E-state index in [9.17, 15) is 8.78 Å². The van der Waals surface area contributed by atoms with Gasteiger partial charge in [-0.3, -0.25) is 4.98 Å². The van der Waals surface area contributed by atoms with Gasteiger partial charge in [0.2, 0.25) is 0 Å². The van der Waals surface area contributed by atoms with Crippen LogP contribution < -0.4 is 4.74 Å². The number of hydrogen-bond donors (Lipinski definition) is 0. The number of likely N-dealkylation sites (tertiary alicyclic amines) is 1. The lowest BCUT2D eigenvalue weighted by Crippen LogP contribution is -2.35. The summed E-state index contributed by atoms with van der Waals surface area (Å²) in [6, 6.07) is 13.8. The van der Waals surface area contributed by atoms with Crippen LogP contribution in [0.5, 0.6) is 5.75 Å². The molecule has 4 nitrogen and oxygen atoms in total. The van der Waals surface area contributed by atoms with Crippen molar-refractivity contribution in [3.63, 3.8) is 0 Å². The average Bonchev–Trinajstić information content (AvgIpc) is 2.83. The Bertz CT molecular complexity index is 1070. The molecule has 0 aliphatic carbocycles. The lowest BCUT2D eigenvalue weighted by atomic mass is 9.88. The van der Waals surface area contributed by atoms with E-state index >= 15 is 0 Å². The molecule has 0 N–H and O–H groups in total. The van der Waals surface area contributed by atoms with E-state index in [2.05, 4.69) is 35.0 Å². The molecule has 0 saturated carbocycles. The molecule has 6 heteroatoms. The zero-order valence-corrected chi connectivity index (χ0v) is 19.2. The van der Waals surface area contributed by atoms with Gasteiger partial charge in [0.25, 0.3) is 0 Å². The fourth-order valence-electron chi connectivity index (χ4n) is 4.41. The first kappa shape index (κ1) is 23.3. The van der Waals surface area contributed by atoms with Crippen molar-refractivity contribution in [2.45, 2.75) is 32.3 Å². The monoisotopic (exact) mass is 452 g/mol. The van der Waals surface area contributed by atoms with Crippen molar-refractivity contribution in [1.29, 1.82) is 0 Å². The number of halogens is 2. The molecule has 0 radical (unpaired) electrons. The Balaban J connectivity index is 1.45. The highest BCUT2D eigenvalue weighted by Crippen LogP contribution is 2.34. The summed E-state index contributed by atoms with van der Waals surface area (Å²) in [5, 5.41) is 0. The average molecular weight is 453 g/mol. The summed E-state index contributed by atoms with van der Waals surface area (Å²) in [6.45, 7) is 6.17. The molecule has 0 spiro atoms. The number of ether oxygens (including phenoxy) is 2. The summed E-state index contributed by atoms with van der Waals surface area (Å²) >= 11 is 0. The lowest BCUT2D eigenvalue weighted by Gasteiger charge is -2.32. The Morgan fingerprint density at radius 1 is 1.06 bits per heavy atom. The molecule has 0 atom stereocenters. The molecule has 0 unspecified atom stereocenters. The van der Waals surface area contributed by atoms with Crippen LogP contribution in [0.3, 0.4) is 0 Å².